The van der Waals surface area contributed by atoms with E-state index in [2.05, 4.69) is 38.2 Å². The number of hydrogen-bond donors (Lipinski definition) is 1. The molecule has 0 aromatic heterocycles. The molecule has 148 valence electrons. The molecule has 0 spiro atoms. The first-order valence-corrected chi connectivity index (χ1v) is 9.31. The standard InChI is InChI=1S/C23H27NO4/c1-16(25)18-6-5-7-20(14-18)24-21(26)15-28-22(27)13-10-17-8-11-19(12-9-17)23(2,3)4/h5-9,11-12,14H,10,13,15H2,1-4H3,(H,24,26). The highest BCUT2D eigenvalue weighted by molar-refractivity contribution is 5.97. The molecule has 0 aliphatic heterocycles. The molecule has 2 rings (SSSR count). The summed E-state index contributed by atoms with van der Waals surface area (Å²) in [6.07, 6.45) is 0.771. The zero-order valence-corrected chi connectivity index (χ0v) is 16.9. The van der Waals surface area contributed by atoms with Gasteiger partial charge in [-0.3, -0.25) is 14.4 Å². The summed E-state index contributed by atoms with van der Waals surface area (Å²) in [6.45, 7) is 7.56. The van der Waals surface area contributed by atoms with Gasteiger partial charge in [0.15, 0.2) is 12.4 Å². The summed E-state index contributed by atoms with van der Waals surface area (Å²) >= 11 is 0. The van der Waals surface area contributed by atoms with Crippen molar-refractivity contribution >= 4 is 23.3 Å². The van der Waals surface area contributed by atoms with Gasteiger partial charge >= 0.3 is 5.97 Å². The molecule has 0 unspecified atom stereocenters. The minimum atomic E-state index is -0.441. The van der Waals surface area contributed by atoms with Crippen LogP contribution in [0.4, 0.5) is 5.69 Å². The highest BCUT2D eigenvalue weighted by Crippen LogP contribution is 2.22. The van der Waals surface area contributed by atoms with Crippen LogP contribution in [0.15, 0.2) is 48.5 Å². The third kappa shape index (κ3) is 6.65. The maximum Gasteiger partial charge on any atom is 0.306 e. The van der Waals surface area contributed by atoms with Gasteiger partial charge in [-0.05, 0) is 42.0 Å². The van der Waals surface area contributed by atoms with Crippen molar-refractivity contribution in [1.82, 2.24) is 0 Å². The lowest BCUT2D eigenvalue weighted by molar-refractivity contribution is -0.147. The molecule has 1 N–H and O–H groups in total. The Hall–Kier alpha value is -2.95. The normalized spacial score (nSPS) is 11.0. The smallest absolute Gasteiger partial charge is 0.306 e. The van der Waals surface area contributed by atoms with Gasteiger partial charge in [-0.15, -0.1) is 0 Å². The van der Waals surface area contributed by atoms with Crippen molar-refractivity contribution in [3.63, 3.8) is 0 Å². The van der Waals surface area contributed by atoms with Crippen LogP contribution in [0.5, 0.6) is 0 Å². The maximum atomic E-state index is 11.9. The molecule has 0 bridgehead atoms. The maximum absolute atomic E-state index is 11.9. The van der Waals surface area contributed by atoms with Crippen LogP contribution in [-0.4, -0.2) is 24.3 Å². The van der Waals surface area contributed by atoms with Crippen LogP contribution < -0.4 is 5.32 Å². The van der Waals surface area contributed by atoms with Gasteiger partial charge in [0.25, 0.3) is 5.91 Å². The summed E-state index contributed by atoms with van der Waals surface area (Å²) < 4.78 is 5.04. The predicted molar refractivity (Wildman–Crippen MR) is 109 cm³/mol. The topological polar surface area (TPSA) is 72.5 Å². The van der Waals surface area contributed by atoms with Gasteiger partial charge in [-0.25, -0.2) is 0 Å². The van der Waals surface area contributed by atoms with Gasteiger partial charge in [0.05, 0.1) is 0 Å². The summed E-state index contributed by atoms with van der Waals surface area (Å²) in [5.74, 6) is -0.950. The van der Waals surface area contributed by atoms with Gasteiger partial charge in [0.2, 0.25) is 0 Å². The van der Waals surface area contributed by atoms with Crippen LogP contribution in [0.1, 0.15) is 55.6 Å². The molecule has 2 aromatic carbocycles. The van der Waals surface area contributed by atoms with Crippen molar-refractivity contribution in [3.8, 4) is 0 Å². The van der Waals surface area contributed by atoms with Crippen LogP contribution in [0.25, 0.3) is 0 Å². The molecule has 2 aromatic rings. The highest BCUT2D eigenvalue weighted by atomic mass is 16.5. The molecule has 0 radical (unpaired) electrons. The molecule has 0 aliphatic rings. The molecule has 28 heavy (non-hydrogen) atoms. The van der Waals surface area contributed by atoms with E-state index in [0.717, 1.165) is 5.56 Å². The number of nitrogens with one attached hydrogen (secondary N) is 1. The fourth-order valence-electron chi connectivity index (χ4n) is 2.65. The molecular formula is C23H27NO4. The largest absolute Gasteiger partial charge is 0.456 e. The lowest BCUT2D eigenvalue weighted by Crippen LogP contribution is -2.21. The number of aryl methyl sites for hydroxylation is 1. The monoisotopic (exact) mass is 381 g/mol. The Bertz CT molecular complexity index is 848. The number of ketones is 1. The molecule has 0 saturated carbocycles. The summed E-state index contributed by atoms with van der Waals surface area (Å²) in [5.41, 5.74) is 3.38. The van der Waals surface area contributed by atoms with Crippen LogP contribution >= 0.6 is 0 Å². The average Bonchev–Trinajstić information content (AvgIpc) is 2.64. The number of carbonyl (C=O) groups excluding carboxylic acids is 3. The summed E-state index contributed by atoms with van der Waals surface area (Å²) in [6, 6.07) is 14.8. The van der Waals surface area contributed by atoms with Crippen molar-refractivity contribution in [2.75, 3.05) is 11.9 Å². The van der Waals surface area contributed by atoms with E-state index in [0.29, 0.717) is 17.7 Å². The second-order valence-electron chi connectivity index (χ2n) is 7.79. The Kier molecular flexibility index (Phi) is 7.10. The second-order valence-corrected chi connectivity index (χ2v) is 7.79. The molecule has 5 heteroatoms. The zero-order chi connectivity index (χ0) is 20.7. The zero-order valence-electron chi connectivity index (χ0n) is 16.9. The van der Waals surface area contributed by atoms with Crippen molar-refractivity contribution in [2.24, 2.45) is 0 Å². The minimum absolute atomic E-state index is 0.0851. The number of carbonyl (C=O) groups is 3. The number of ether oxygens (including phenoxy) is 1. The van der Waals surface area contributed by atoms with Gasteiger partial charge < -0.3 is 10.1 Å². The number of esters is 1. The molecule has 0 fully saturated rings. The second kappa shape index (κ2) is 9.31. The predicted octanol–water partition coefficient (Wildman–Crippen LogP) is 4.30. The Balaban J connectivity index is 1.77. The number of amides is 1. The third-order valence-corrected chi connectivity index (χ3v) is 4.35. The van der Waals surface area contributed by atoms with E-state index < -0.39 is 11.9 Å². The fraction of sp³-hybridized carbons (Fsp3) is 0.348. The van der Waals surface area contributed by atoms with E-state index >= 15 is 0 Å². The van der Waals surface area contributed by atoms with E-state index in [1.54, 1.807) is 24.3 Å². The summed E-state index contributed by atoms with van der Waals surface area (Å²) in [7, 11) is 0. The Morgan fingerprint density at radius 2 is 1.68 bits per heavy atom. The van der Waals surface area contributed by atoms with Gasteiger partial charge in [0, 0.05) is 17.7 Å². The van der Waals surface area contributed by atoms with Crippen LogP contribution in [0.2, 0.25) is 0 Å². The Labute approximate surface area is 166 Å². The molecule has 0 atom stereocenters. The first-order chi connectivity index (χ1) is 13.1. The molecular weight excluding hydrogens is 354 g/mol. The number of anilines is 1. The van der Waals surface area contributed by atoms with Crippen LogP contribution in [0, 0.1) is 0 Å². The number of benzene rings is 2. The van der Waals surface area contributed by atoms with Crippen molar-refractivity contribution in [3.05, 3.63) is 65.2 Å². The van der Waals surface area contributed by atoms with E-state index in [-0.39, 0.29) is 24.2 Å². The summed E-state index contributed by atoms with van der Waals surface area (Å²) in [4.78, 5) is 35.2. The minimum Gasteiger partial charge on any atom is -0.456 e. The van der Waals surface area contributed by atoms with Crippen molar-refractivity contribution < 1.29 is 19.1 Å². The van der Waals surface area contributed by atoms with Crippen LogP contribution in [0.3, 0.4) is 0 Å². The van der Waals surface area contributed by atoms with E-state index in [4.69, 9.17) is 4.74 Å². The number of hydrogen-bond acceptors (Lipinski definition) is 4. The first kappa shape index (κ1) is 21.4. The fourth-order valence-corrected chi connectivity index (χ4v) is 2.65. The van der Waals surface area contributed by atoms with Crippen molar-refractivity contribution in [2.45, 2.75) is 46.0 Å². The lowest BCUT2D eigenvalue weighted by atomic mass is 9.86. The lowest BCUT2D eigenvalue weighted by Gasteiger charge is -2.19. The van der Waals surface area contributed by atoms with Gasteiger partial charge in [-0.2, -0.15) is 0 Å². The highest BCUT2D eigenvalue weighted by Gasteiger charge is 2.13. The molecule has 5 nitrogen and oxygen atoms in total. The van der Waals surface area contributed by atoms with E-state index in [9.17, 15) is 14.4 Å². The number of rotatable bonds is 7. The van der Waals surface area contributed by atoms with Crippen LogP contribution in [-0.2, 0) is 26.2 Å². The van der Waals surface area contributed by atoms with Crippen molar-refractivity contribution in [1.29, 1.82) is 0 Å². The first-order valence-electron chi connectivity index (χ1n) is 9.31. The SMILES string of the molecule is CC(=O)c1cccc(NC(=O)COC(=O)CCc2ccc(C(C)(C)C)cc2)c1. The number of Topliss-reactive ketones (excluding diaryl/α,β-unsaturated/α-hetero) is 1. The van der Waals surface area contributed by atoms with Gasteiger partial charge in [-0.1, -0.05) is 57.2 Å². The van der Waals surface area contributed by atoms with E-state index in [1.165, 1.54) is 12.5 Å². The Morgan fingerprint density at radius 1 is 1.00 bits per heavy atom. The third-order valence-electron chi connectivity index (χ3n) is 4.35. The molecule has 0 heterocycles. The quantitative estimate of drug-likeness (QED) is 0.573. The molecule has 0 saturated heterocycles. The molecule has 0 aliphatic carbocycles. The average molecular weight is 381 g/mol. The van der Waals surface area contributed by atoms with Gasteiger partial charge in [0.1, 0.15) is 0 Å². The Morgan fingerprint density at radius 3 is 2.29 bits per heavy atom. The molecule has 1 amide bonds. The summed E-state index contributed by atoms with van der Waals surface area (Å²) in [5, 5.41) is 2.62. The van der Waals surface area contributed by atoms with E-state index in [1.807, 2.05) is 12.1 Å².